The van der Waals surface area contributed by atoms with Crippen LogP contribution in [0.3, 0.4) is 0 Å². The Balaban J connectivity index is 2.76. The number of carbonyl (C=O) groups is 2. The van der Waals surface area contributed by atoms with Gasteiger partial charge >= 0.3 is 0 Å². The second-order valence-corrected chi connectivity index (χ2v) is 6.18. The van der Waals surface area contributed by atoms with Gasteiger partial charge in [-0.25, -0.2) is 0 Å². The number of hydrogen-bond acceptors (Lipinski definition) is 3. The molecule has 2 amide bonds. The van der Waals surface area contributed by atoms with Crippen LogP contribution in [0.25, 0.3) is 0 Å². The first-order valence-electron chi connectivity index (χ1n) is 5.77. The zero-order valence-electron chi connectivity index (χ0n) is 11.1. The van der Waals surface area contributed by atoms with Crippen LogP contribution in [0.4, 0.5) is 0 Å². The van der Waals surface area contributed by atoms with E-state index in [0.717, 1.165) is 0 Å². The third-order valence-corrected chi connectivity index (χ3v) is 3.70. The van der Waals surface area contributed by atoms with E-state index in [0.29, 0.717) is 14.9 Å². The normalized spacial score (nSPS) is 11.0. The molecule has 0 fully saturated rings. The van der Waals surface area contributed by atoms with E-state index in [1.165, 1.54) is 0 Å². The molecule has 0 saturated heterocycles. The van der Waals surface area contributed by atoms with E-state index in [9.17, 15) is 9.59 Å². The molecule has 0 bridgehead atoms. The van der Waals surface area contributed by atoms with E-state index in [-0.39, 0.29) is 18.4 Å². The second kappa shape index (κ2) is 6.43. The van der Waals surface area contributed by atoms with Crippen molar-refractivity contribution in [1.29, 1.82) is 0 Å². The average molecular weight is 345 g/mol. The monoisotopic (exact) mass is 344 g/mol. The molecule has 0 atom stereocenters. The molecule has 2 N–H and O–H groups in total. The number of nitrogens with one attached hydrogen (secondary N) is 2. The van der Waals surface area contributed by atoms with Crippen molar-refractivity contribution in [3.05, 3.63) is 28.2 Å². The molecule has 19 heavy (non-hydrogen) atoms. The lowest BCUT2D eigenvalue weighted by Gasteiger charge is -2.23. The van der Waals surface area contributed by atoms with Crippen molar-refractivity contribution in [2.75, 3.05) is 13.6 Å². The fraction of sp³-hybridized carbons (Fsp3) is 0.385. The van der Waals surface area contributed by atoms with Crippen molar-refractivity contribution in [3.8, 4) is 0 Å². The molecule has 4 nitrogen and oxygen atoms in total. The van der Waals surface area contributed by atoms with Crippen LogP contribution in [-0.2, 0) is 4.79 Å². The molecule has 0 radical (unpaired) electrons. The topological polar surface area (TPSA) is 58.2 Å². The summed E-state index contributed by atoms with van der Waals surface area (Å²) in [6.07, 6.45) is 0. The summed E-state index contributed by atoms with van der Waals surface area (Å²) < 4.78 is 0.695. The molecule has 1 aromatic rings. The number of rotatable bonds is 4. The molecule has 0 aliphatic rings. The zero-order valence-corrected chi connectivity index (χ0v) is 13.6. The quantitative estimate of drug-likeness (QED) is 0.733. The Morgan fingerprint density at radius 2 is 2.00 bits per heavy atom. The molecule has 0 aliphatic heterocycles. The van der Waals surface area contributed by atoms with Crippen LogP contribution in [0.1, 0.15) is 24.2 Å². The van der Waals surface area contributed by atoms with Crippen molar-refractivity contribution in [1.82, 2.24) is 10.6 Å². The number of hydrogen-bond donors (Lipinski definition) is 3. The molecule has 6 heteroatoms. The van der Waals surface area contributed by atoms with Gasteiger partial charge in [-0.15, -0.1) is 12.6 Å². The molecule has 0 spiro atoms. The van der Waals surface area contributed by atoms with Crippen LogP contribution >= 0.6 is 28.6 Å². The van der Waals surface area contributed by atoms with Crippen LogP contribution in [-0.4, -0.2) is 25.4 Å². The van der Waals surface area contributed by atoms with Gasteiger partial charge in [0.2, 0.25) is 5.91 Å². The lowest BCUT2D eigenvalue weighted by atomic mass is 9.92. The average Bonchev–Trinajstić information content (AvgIpc) is 2.37. The Morgan fingerprint density at radius 3 is 2.58 bits per heavy atom. The predicted molar refractivity (Wildman–Crippen MR) is 81.6 cm³/mol. The van der Waals surface area contributed by atoms with E-state index < -0.39 is 5.41 Å². The molecular weight excluding hydrogens is 328 g/mol. The molecule has 0 unspecified atom stereocenters. The third kappa shape index (κ3) is 4.24. The summed E-state index contributed by atoms with van der Waals surface area (Å²) in [7, 11) is 1.58. The minimum absolute atomic E-state index is 0.116. The van der Waals surface area contributed by atoms with Crippen LogP contribution in [0, 0.1) is 5.41 Å². The Morgan fingerprint density at radius 1 is 1.37 bits per heavy atom. The van der Waals surface area contributed by atoms with Crippen molar-refractivity contribution >= 4 is 40.4 Å². The Kier molecular flexibility index (Phi) is 5.43. The minimum Gasteiger partial charge on any atom is -0.359 e. The number of carbonyl (C=O) groups excluding carboxylic acids is 2. The first-order chi connectivity index (χ1) is 8.77. The van der Waals surface area contributed by atoms with Gasteiger partial charge in [0.05, 0.1) is 11.0 Å². The van der Waals surface area contributed by atoms with Gasteiger partial charge in [0, 0.05) is 23.0 Å². The highest BCUT2D eigenvalue weighted by Crippen LogP contribution is 2.21. The summed E-state index contributed by atoms with van der Waals surface area (Å²) >= 11 is 7.52. The largest absolute Gasteiger partial charge is 0.359 e. The molecule has 0 aromatic heterocycles. The van der Waals surface area contributed by atoms with Gasteiger partial charge in [0.25, 0.3) is 5.91 Å². The standard InChI is InChI=1S/C13H17BrN2O2S/c1-13(2,12(18)15-3)7-16-11(17)9-6-8(19)4-5-10(9)14/h4-6,19H,7H2,1-3H3,(H,15,18)(H,16,17). The summed E-state index contributed by atoms with van der Waals surface area (Å²) in [5.74, 6) is -0.352. The van der Waals surface area contributed by atoms with Gasteiger partial charge in [-0.2, -0.15) is 0 Å². The molecular formula is C13H17BrN2O2S. The third-order valence-electron chi connectivity index (χ3n) is 2.73. The molecule has 0 aliphatic carbocycles. The minimum atomic E-state index is -0.657. The maximum Gasteiger partial charge on any atom is 0.252 e. The van der Waals surface area contributed by atoms with Crippen LogP contribution in [0.15, 0.2) is 27.6 Å². The van der Waals surface area contributed by atoms with Gasteiger partial charge < -0.3 is 10.6 Å². The second-order valence-electron chi connectivity index (χ2n) is 4.81. The van der Waals surface area contributed by atoms with E-state index >= 15 is 0 Å². The predicted octanol–water partition coefficient (Wildman–Crippen LogP) is 2.24. The smallest absolute Gasteiger partial charge is 0.252 e. The Hall–Kier alpha value is -1.01. The van der Waals surface area contributed by atoms with Crippen LogP contribution in [0.2, 0.25) is 0 Å². The van der Waals surface area contributed by atoms with Crippen molar-refractivity contribution in [3.63, 3.8) is 0 Å². The summed E-state index contributed by atoms with van der Waals surface area (Å²) in [5, 5.41) is 5.34. The van der Waals surface area contributed by atoms with Gasteiger partial charge in [-0.1, -0.05) is 0 Å². The fourth-order valence-corrected chi connectivity index (χ4v) is 2.13. The molecule has 104 valence electrons. The number of benzene rings is 1. The van der Waals surface area contributed by atoms with Crippen LogP contribution in [0.5, 0.6) is 0 Å². The van der Waals surface area contributed by atoms with Gasteiger partial charge in [-0.05, 0) is 48.0 Å². The Bertz CT molecular complexity index is 503. The summed E-state index contributed by atoms with van der Waals surface area (Å²) in [5.41, 5.74) is -0.157. The SMILES string of the molecule is CNC(=O)C(C)(C)CNC(=O)c1cc(S)ccc1Br. The lowest BCUT2D eigenvalue weighted by Crippen LogP contribution is -2.43. The number of halogens is 1. The molecule has 1 aromatic carbocycles. The van der Waals surface area contributed by atoms with Crippen molar-refractivity contribution in [2.24, 2.45) is 5.41 Å². The van der Waals surface area contributed by atoms with Crippen molar-refractivity contribution < 1.29 is 9.59 Å². The molecule has 1 rings (SSSR count). The van der Waals surface area contributed by atoms with Gasteiger partial charge in [-0.3, -0.25) is 9.59 Å². The van der Waals surface area contributed by atoms with Crippen LogP contribution < -0.4 is 10.6 Å². The number of amides is 2. The molecule has 0 saturated carbocycles. The fourth-order valence-electron chi connectivity index (χ4n) is 1.50. The molecule has 0 heterocycles. The zero-order chi connectivity index (χ0) is 14.6. The van der Waals surface area contributed by atoms with Gasteiger partial charge in [0.15, 0.2) is 0 Å². The summed E-state index contributed by atoms with van der Waals surface area (Å²) in [6, 6.07) is 5.23. The highest BCUT2D eigenvalue weighted by Gasteiger charge is 2.27. The number of thiol groups is 1. The first kappa shape index (κ1) is 16.0. The lowest BCUT2D eigenvalue weighted by molar-refractivity contribution is -0.128. The summed E-state index contributed by atoms with van der Waals surface area (Å²) in [4.78, 5) is 24.4. The van der Waals surface area contributed by atoms with Crippen molar-refractivity contribution in [2.45, 2.75) is 18.7 Å². The van der Waals surface area contributed by atoms with E-state index in [4.69, 9.17) is 0 Å². The van der Waals surface area contributed by atoms with E-state index in [1.807, 2.05) is 0 Å². The maximum absolute atomic E-state index is 12.1. The summed E-state index contributed by atoms with van der Waals surface area (Å²) in [6.45, 7) is 3.81. The highest BCUT2D eigenvalue weighted by molar-refractivity contribution is 9.10. The Labute approximate surface area is 126 Å². The van der Waals surface area contributed by atoms with Gasteiger partial charge in [0.1, 0.15) is 0 Å². The van der Waals surface area contributed by atoms with E-state index in [2.05, 4.69) is 39.2 Å². The highest BCUT2D eigenvalue weighted by atomic mass is 79.9. The first-order valence-corrected chi connectivity index (χ1v) is 7.01. The maximum atomic E-state index is 12.1. The van der Waals surface area contributed by atoms with E-state index in [1.54, 1.807) is 39.1 Å².